The van der Waals surface area contributed by atoms with Crippen molar-refractivity contribution in [3.05, 3.63) is 35.4 Å². The Morgan fingerprint density at radius 1 is 1.29 bits per heavy atom. The van der Waals surface area contributed by atoms with E-state index in [2.05, 4.69) is 24.3 Å². The van der Waals surface area contributed by atoms with Crippen LogP contribution in [0.5, 0.6) is 0 Å². The topological polar surface area (TPSA) is 38.7 Å². The molecule has 0 aromatic heterocycles. The molecular formula is C14H18O3. The van der Waals surface area contributed by atoms with Crippen LogP contribution in [0.15, 0.2) is 24.3 Å². The molecule has 1 saturated heterocycles. The lowest BCUT2D eigenvalue weighted by Crippen LogP contribution is -2.40. The maximum Gasteiger partial charge on any atom is 0.107 e. The number of rotatable bonds is 3. The number of ether oxygens (including phenoxy) is 2. The number of aliphatic hydroxyl groups excluding tert-OH is 1. The van der Waals surface area contributed by atoms with Gasteiger partial charge in [0.05, 0.1) is 25.9 Å². The molecule has 3 atom stereocenters. The molecule has 2 aliphatic rings. The fraction of sp³-hybridized carbons (Fsp3) is 0.571. The van der Waals surface area contributed by atoms with Crippen molar-refractivity contribution in [1.82, 2.24) is 0 Å². The minimum absolute atomic E-state index is 0.142. The second kappa shape index (κ2) is 4.77. The van der Waals surface area contributed by atoms with Gasteiger partial charge >= 0.3 is 0 Å². The Balaban J connectivity index is 1.58. The SMILES string of the molecule is OC(CC1Cc2ccccc21)C1COCCO1. The molecule has 3 rings (SSSR count). The number of aliphatic hydroxyl groups is 1. The first-order valence-electron chi connectivity index (χ1n) is 6.30. The second-order valence-electron chi connectivity index (χ2n) is 4.89. The summed E-state index contributed by atoms with van der Waals surface area (Å²) in [5.41, 5.74) is 2.81. The van der Waals surface area contributed by atoms with Crippen LogP contribution >= 0.6 is 0 Å². The summed E-state index contributed by atoms with van der Waals surface area (Å²) in [5, 5.41) is 10.1. The zero-order valence-electron chi connectivity index (χ0n) is 9.84. The lowest BCUT2D eigenvalue weighted by Gasteiger charge is -2.34. The summed E-state index contributed by atoms with van der Waals surface area (Å²) in [6.45, 7) is 1.77. The van der Waals surface area contributed by atoms with E-state index in [9.17, 15) is 5.11 Å². The predicted molar refractivity (Wildman–Crippen MR) is 64.1 cm³/mol. The van der Waals surface area contributed by atoms with Crippen molar-refractivity contribution in [3.63, 3.8) is 0 Å². The fourth-order valence-corrected chi connectivity index (χ4v) is 2.74. The number of hydrogen-bond acceptors (Lipinski definition) is 3. The molecular weight excluding hydrogens is 216 g/mol. The van der Waals surface area contributed by atoms with Crippen LogP contribution in [0, 0.1) is 0 Å². The van der Waals surface area contributed by atoms with Gasteiger partial charge in [0.2, 0.25) is 0 Å². The van der Waals surface area contributed by atoms with Gasteiger partial charge in [0.15, 0.2) is 0 Å². The highest BCUT2D eigenvalue weighted by molar-refractivity contribution is 5.39. The summed E-state index contributed by atoms with van der Waals surface area (Å²) in [6.07, 6.45) is 1.32. The molecule has 0 amide bonds. The lowest BCUT2D eigenvalue weighted by atomic mass is 9.74. The average molecular weight is 234 g/mol. The van der Waals surface area contributed by atoms with Gasteiger partial charge in [-0.1, -0.05) is 24.3 Å². The average Bonchev–Trinajstić information content (AvgIpc) is 2.37. The number of fused-ring (bicyclic) bond motifs is 1. The van der Waals surface area contributed by atoms with Gasteiger partial charge in [0, 0.05) is 0 Å². The van der Waals surface area contributed by atoms with Crippen molar-refractivity contribution in [2.24, 2.45) is 0 Å². The normalized spacial score (nSPS) is 29.2. The number of benzene rings is 1. The fourth-order valence-electron chi connectivity index (χ4n) is 2.74. The van der Waals surface area contributed by atoms with Gasteiger partial charge in [0.1, 0.15) is 6.10 Å². The maximum absolute atomic E-state index is 10.1. The first-order chi connectivity index (χ1) is 8.34. The molecule has 0 radical (unpaired) electrons. The Labute approximate surface area is 101 Å². The maximum atomic E-state index is 10.1. The number of hydrogen-bond donors (Lipinski definition) is 1. The highest BCUT2D eigenvalue weighted by Gasteiger charge is 2.31. The molecule has 3 nitrogen and oxygen atoms in total. The van der Waals surface area contributed by atoms with E-state index in [0.717, 1.165) is 12.8 Å². The van der Waals surface area contributed by atoms with Gasteiger partial charge in [0.25, 0.3) is 0 Å². The Morgan fingerprint density at radius 3 is 2.94 bits per heavy atom. The summed E-state index contributed by atoms with van der Waals surface area (Å²) < 4.78 is 10.8. The molecule has 3 unspecified atom stereocenters. The van der Waals surface area contributed by atoms with Gasteiger partial charge in [-0.2, -0.15) is 0 Å². The van der Waals surface area contributed by atoms with Crippen LogP contribution in [0.3, 0.4) is 0 Å². The Bertz CT molecular complexity index is 385. The smallest absolute Gasteiger partial charge is 0.107 e. The van der Waals surface area contributed by atoms with E-state index >= 15 is 0 Å². The van der Waals surface area contributed by atoms with E-state index in [0.29, 0.717) is 25.7 Å². The lowest BCUT2D eigenvalue weighted by molar-refractivity contribution is -0.134. The quantitative estimate of drug-likeness (QED) is 0.861. The molecule has 1 aliphatic heterocycles. The van der Waals surface area contributed by atoms with Crippen molar-refractivity contribution in [2.45, 2.75) is 31.0 Å². The summed E-state index contributed by atoms with van der Waals surface area (Å²) in [6, 6.07) is 8.47. The molecule has 1 N–H and O–H groups in total. The van der Waals surface area contributed by atoms with Crippen molar-refractivity contribution < 1.29 is 14.6 Å². The second-order valence-corrected chi connectivity index (χ2v) is 4.89. The van der Waals surface area contributed by atoms with Crippen molar-refractivity contribution in [2.75, 3.05) is 19.8 Å². The van der Waals surface area contributed by atoms with Gasteiger partial charge < -0.3 is 14.6 Å². The van der Waals surface area contributed by atoms with Crippen molar-refractivity contribution >= 4 is 0 Å². The van der Waals surface area contributed by atoms with Crippen molar-refractivity contribution in [1.29, 1.82) is 0 Å². The van der Waals surface area contributed by atoms with E-state index < -0.39 is 6.10 Å². The van der Waals surface area contributed by atoms with Crippen LogP contribution in [-0.4, -0.2) is 37.1 Å². The molecule has 1 heterocycles. The zero-order valence-corrected chi connectivity index (χ0v) is 9.84. The summed E-state index contributed by atoms with van der Waals surface area (Å²) >= 11 is 0. The molecule has 92 valence electrons. The molecule has 1 aromatic rings. The van der Waals surface area contributed by atoms with Gasteiger partial charge in [-0.15, -0.1) is 0 Å². The molecule has 3 heteroatoms. The summed E-state index contributed by atoms with van der Waals surface area (Å²) in [4.78, 5) is 0. The third-order valence-electron chi connectivity index (χ3n) is 3.76. The third-order valence-corrected chi connectivity index (χ3v) is 3.76. The molecule has 1 aromatic carbocycles. The molecule has 0 bridgehead atoms. The molecule has 0 saturated carbocycles. The van der Waals surface area contributed by atoms with E-state index in [1.54, 1.807) is 0 Å². The zero-order chi connectivity index (χ0) is 11.7. The van der Waals surface area contributed by atoms with Gasteiger partial charge in [-0.3, -0.25) is 0 Å². The minimum atomic E-state index is -0.409. The molecule has 0 spiro atoms. The van der Waals surface area contributed by atoms with E-state index in [1.165, 1.54) is 11.1 Å². The van der Waals surface area contributed by atoms with E-state index in [-0.39, 0.29) is 6.10 Å². The van der Waals surface area contributed by atoms with Gasteiger partial charge in [-0.25, -0.2) is 0 Å². The van der Waals surface area contributed by atoms with Crippen LogP contribution in [0.25, 0.3) is 0 Å². The van der Waals surface area contributed by atoms with Crippen LogP contribution in [-0.2, 0) is 15.9 Å². The third kappa shape index (κ3) is 2.23. The van der Waals surface area contributed by atoms with E-state index in [4.69, 9.17) is 9.47 Å². The summed E-state index contributed by atoms with van der Waals surface area (Å²) in [5.74, 6) is 0.492. The standard InChI is InChI=1S/C14H18O3/c15-13(14-9-16-5-6-17-14)8-11-7-10-3-1-2-4-12(10)11/h1-4,11,13-15H,5-9H2. The molecule has 1 fully saturated rings. The van der Waals surface area contributed by atoms with Crippen molar-refractivity contribution in [3.8, 4) is 0 Å². The predicted octanol–water partition coefficient (Wildman–Crippen LogP) is 1.49. The Hall–Kier alpha value is -0.900. The summed E-state index contributed by atoms with van der Waals surface area (Å²) in [7, 11) is 0. The van der Waals surface area contributed by atoms with Crippen LogP contribution in [0.2, 0.25) is 0 Å². The minimum Gasteiger partial charge on any atom is -0.390 e. The molecule has 17 heavy (non-hydrogen) atoms. The van der Waals surface area contributed by atoms with Crippen LogP contribution in [0.1, 0.15) is 23.5 Å². The Morgan fingerprint density at radius 2 is 2.18 bits per heavy atom. The van der Waals surface area contributed by atoms with Crippen LogP contribution < -0.4 is 0 Å². The highest BCUT2D eigenvalue weighted by Crippen LogP contribution is 2.38. The first-order valence-corrected chi connectivity index (χ1v) is 6.30. The first kappa shape index (κ1) is 11.2. The highest BCUT2D eigenvalue weighted by atomic mass is 16.6. The van der Waals surface area contributed by atoms with Gasteiger partial charge in [-0.05, 0) is 29.9 Å². The van der Waals surface area contributed by atoms with Crippen LogP contribution in [0.4, 0.5) is 0 Å². The van der Waals surface area contributed by atoms with E-state index in [1.807, 2.05) is 0 Å². The Kier molecular flexibility index (Phi) is 3.14. The monoisotopic (exact) mass is 234 g/mol. The molecule has 1 aliphatic carbocycles. The largest absolute Gasteiger partial charge is 0.390 e.